The molecule has 36 heavy (non-hydrogen) atoms. The molecule has 1 aromatic carbocycles. The first-order valence-corrected chi connectivity index (χ1v) is 12.0. The van der Waals surface area contributed by atoms with Crippen LogP contribution in [-0.4, -0.2) is 62.4 Å². The first kappa shape index (κ1) is 24.2. The van der Waals surface area contributed by atoms with Gasteiger partial charge in [0.1, 0.15) is 23.8 Å². The fourth-order valence-electron chi connectivity index (χ4n) is 4.80. The largest absolute Gasteiger partial charge is 0.496 e. The summed E-state index contributed by atoms with van der Waals surface area (Å²) >= 11 is 6.25. The topological polar surface area (TPSA) is 88.9 Å². The zero-order valence-electron chi connectivity index (χ0n) is 19.8. The molecule has 4 aromatic rings. The second-order valence-electron chi connectivity index (χ2n) is 8.83. The molecule has 0 radical (unpaired) electrons. The minimum atomic E-state index is -0.907. The Morgan fingerprint density at radius 2 is 2.08 bits per heavy atom. The van der Waals surface area contributed by atoms with Gasteiger partial charge in [0, 0.05) is 55.0 Å². The van der Waals surface area contributed by atoms with Gasteiger partial charge in [-0.15, -0.1) is 0 Å². The molecule has 188 valence electrons. The maximum Gasteiger partial charge on any atom is 0.219 e. The van der Waals surface area contributed by atoms with Crippen molar-refractivity contribution in [3.05, 3.63) is 58.9 Å². The maximum absolute atomic E-state index is 14.4. The fourth-order valence-corrected chi connectivity index (χ4v) is 5.09. The summed E-state index contributed by atoms with van der Waals surface area (Å²) in [7, 11) is 1.43. The molecular weight excluding hydrogens is 490 g/mol. The number of likely N-dealkylation sites (tertiary alicyclic amines) is 1. The molecule has 1 fully saturated rings. The van der Waals surface area contributed by atoms with Crippen molar-refractivity contribution >= 4 is 28.7 Å². The number of piperidine rings is 1. The van der Waals surface area contributed by atoms with Crippen LogP contribution in [0.2, 0.25) is 5.02 Å². The average Bonchev–Trinajstić information content (AvgIpc) is 3.55. The third-order valence-electron chi connectivity index (χ3n) is 6.78. The normalized spacial score (nSPS) is 15.4. The van der Waals surface area contributed by atoms with E-state index in [-0.39, 0.29) is 22.5 Å². The number of aromatic nitrogens is 5. The number of amides is 1. The summed E-state index contributed by atoms with van der Waals surface area (Å²) in [5, 5.41) is 4.33. The number of hydrogen-bond acceptors (Lipinski definition) is 5. The molecule has 8 nitrogen and oxygen atoms in total. The Balaban J connectivity index is 1.48. The number of H-pyrrole nitrogens is 1. The summed E-state index contributed by atoms with van der Waals surface area (Å²) in [6.07, 6.45) is 8.52. The molecule has 0 spiro atoms. The third-order valence-corrected chi connectivity index (χ3v) is 7.17. The van der Waals surface area contributed by atoms with Crippen LogP contribution in [0, 0.1) is 5.82 Å². The van der Waals surface area contributed by atoms with E-state index in [4.69, 9.17) is 21.3 Å². The van der Waals surface area contributed by atoms with Gasteiger partial charge >= 0.3 is 0 Å². The van der Waals surface area contributed by atoms with Gasteiger partial charge in [-0.05, 0) is 25.0 Å². The number of alkyl halides is 1. The number of fused-ring (bicyclic) bond motifs is 1. The Labute approximate surface area is 211 Å². The van der Waals surface area contributed by atoms with E-state index in [1.807, 2.05) is 15.8 Å². The highest BCUT2D eigenvalue weighted by Gasteiger charge is 2.27. The second-order valence-corrected chi connectivity index (χ2v) is 9.20. The number of halogens is 3. The van der Waals surface area contributed by atoms with Crippen molar-refractivity contribution in [2.45, 2.75) is 31.7 Å². The number of nitrogens with one attached hydrogen (secondary N) is 1. The van der Waals surface area contributed by atoms with E-state index in [0.29, 0.717) is 41.3 Å². The number of hydrogen-bond donors (Lipinski definition) is 1. The second kappa shape index (κ2) is 9.85. The molecule has 4 heterocycles. The maximum atomic E-state index is 14.4. The van der Waals surface area contributed by atoms with E-state index >= 15 is 0 Å². The summed E-state index contributed by atoms with van der Waals surface area (Å²) in [5.74, 6) is -1.18. The summed E-state index contributed by atoms with van der Waals surface area (Å²) in [5.41, 5.74) is 2.99. The molecule has 1 N–H and O–H groups in total. The van der Waals surface area contributed by atoms with Gasteiger partial charge < -0.3 is 14.6 Å². The van der Waals surface area contributed by atoms with Crippen molar-refractivity contribution in [3.63, 3.8) is 0 Å². The van der Waals surface area contributed by atoms with Crippen molar-refractivity contribution < 1.29 is 18.3 Å². The van der Waals surface area contributed by atoms with Crippen LogP contribution >= 0.6 is 11.6 Å². The van der Waals surface area contributed by atoms with Crippen LogP contribution in [0.4, 0.5) is 8.78 Å². The number of carbonyl (C=O) groups is 1. The van der Waals surface area contributed by atoms with Crippen LogP contribution in [0.3, 0.4) is 0 Å². The average molecular weight is 515 g/mol. The molecule has 1 saturated heterocycles. The molecular formula is C25H25ClF2N6O2. The molecule has 0 bridgehead atoms. The molecule has 1 aliphatic rings. The molecule has 1 aliphatic heterocycles. The SMILES string of the molecule is COc1ccc(F)c(Cl)c1[C@@H](CF)c1c[nH]c2ncc(-c3cnn(C4CCN(C(C)=O)CC4)c3)nc12. The lowest BCUT2D eigenvalue weighted by atomic mass is 9.92. The smallest absolute Gasteiger partial charge is 0.219 e. The standard InChI is InChI=1S/C25H25ClF2N6O2/c1-14(35)33-7-5-16(6-8-33)34-13-15(10-31-34)20-12-30-25-24(32-20)18(11-29-25)17(9-27)22-21(36-2)4-3-19(28)23(22)26/h3-4,10-13,16-17H,5-9H2,1-2H3,(H,29,30)/t17-/m0/s1. The number of ether oxygens (including phenoxy) is 1. The minimum absolute atomic E-state index is 0.0872. The number of aromatic amines is 1. The van der Waals surface area contributed by atoms with Crippen LogP contribution < -0.4 is 4.74 Å². The van der Waals surface area contributed by atoms with Gasteiger partial charge in [0.15, 0.2) is 5.65 Å². The van der Waals surface area contributed by atoms with E-state index in [9.17, 15) is 13.6 Å². The molecule has 1 atom stereocenters. The van der Waals surface area contributed by atoms with E-state index in [0.717, 1.165) is 18.4 Å². The fraction of sp³-hybridized carbons (Fsp3) is 0.360. The van der Waals surface area contributed by atoms with Gasteiger partial charge in [0.2, 0.25) is 5.91 Å². The Bertz CT molecular complexity index is 1410. The highest BCUT2D eigenvalue weighted by atomic mass is 35.5. The lowest BCUT2D eigenvalue weighted by Gasteiger charge is -2.31. The highest BCUT2D eigenvalue weighted by molar-refractivity contribution is 6.31. The molecule has 0 saturated carbocycles. The summed E-state index contributed by atoms with van der Waals surface area (Å²) in [6.45, 7) is 2.15. The van der Waals surface area contributed by atoms with Gasteiger partial charge in [-0.1, -0.05) is 11.6 Å². The summed E-state index contributed by atoms with van der Waals surface area (Å²) < 4.78 is 36.0. The Morgan fingerprint density at radius 1 is 1.31 bits per heavy atom. The molecule has 1 amide bonds. The van der Waals surface area contributed by atoms with Crippen molar-refractivity contribution in [1.82, 2.24) is 29.6 Å². The van der Waals surface area contributed by atoms with Gasteiger partial charge in [-0.25, -0.2) is 14.4 Å². The monoisotopic (exact) mass is 514 g/mol. The molecule has 0 unspecified atom stereocenters. The molecule has 3 aromatic heterocycles. The lowest BCUT2D eigenvalue weighted by molar-refractivity contribution is -0.130. The lowest BCUT2D eigenvalue weighted by Crippen LogP contribution is -2.37. The van der Waals surface area contributed by atoms with Crippen LogP contribution in [0.25, 0.3) is 22.4 Å². The van der Waals surface area contributed by atoms with E-state index in [2.05, 4.69) is 15.1 Å². The predicted octanol–water partition coefficient (Wildman–Crippen LogP) is 4.91. The Hall–Kier alpha value is -3.53. The summed E-state index contributed by atoms with van der Waals surface area (Å²) in [4.78, 5) is 25.7. The van der Waals surface area contributed by atoms with E-state index in [1.165, 1.54) is 19.2 Å². The van der Waals surface area contributed by atoms with Crippen LogP contribution in [0.5, 0.6) is 5.75 Å². The van der Waals surface area contributed by atoms with Crippen LogP contribution in [-0.2, 0) is 4.79 Å². The zero-order chi connectivity index (χ0) is 25.4. The minimum Gasteiger partial charge on any atom is -0.496 e. The van der Waals surface area contributed by atoms with Gasteiger partial charge in [-0.3, -0.25) is 13.9 Å². The first-order valence-electron chi connectivity index (χ1n) is 11.6. The van der Waals surface area contributed by atoms with Crippen molar-refractivity contribution in [2.24, 2.45) is 0 Å². The Kier molecular flexibility index (Phi) is 6.61. The van der Waals surface area contributed by atoms with Gasteiger partial charge in [0.05, 0.1) is 36.3 Å². The number of carbonyl (C=O) groups excluding carboxylic acids is 1. The number of methoxy groups -OCH3 is 1. The molecule has 11 heteroatoms. The van der Waals surface area contributed by atoms with Crippen LogP contribution in [0.15, 0.2) is 36.9 Å². The Morgan fingerprint density at radius 3 is 2.78 bits per heavy atom. The van der Waals surface area contributed by atoms with Crippen molar-refractivity contribution in [2.75, 3.05) is 26.9 Å². The molecule has 0 aliphatic carbocycles. The van der Waals surface area contributed by atoms with Gasteiger partial charge in [-0.2, -0.15) is 5.10 Å². The highest BCUT2D eigenvalue weighted by Crippen LogP contribution is 2.41. The third kappa shape index (κ3) is 4.30. The van der Waals surface area contributed by atoms with E-state index < -0.39 is 18.4 Å². The quantitative estimate of drug-likeness (QED) is 0.395. The van der Waals surface area contributed by atoms with Crippen molar-refractivity contribution in [1.29, 1.82) is 0 Å². The van der Waals surface area contributed by atoms with E-state index in [1.54, 1.807) is 25.5 Å². The zero-order valence-corrected chi connectivity index (χ0v) is 20.6. The predicted molar refractivity (Wildman–Crippen MR) is 131 cm³/mol. The van der Waals surface area contributed by atoms with Crippen LogP contribution in [0.1, 0.15) is 42.9 Å². The summed E-state index contributed by atoms with van der Waals surface area (Å²) in [6, 6.07) is 2.81. The molecule has 5 rings (SSSR count). The first-order chi connectivity index (χ1) is 17.4. The van der Waals surface area contributed by atoms with Crippen molar-refractivity contribution in [3.8, 4) is 17.0 Å². The number of nitrogens with zero attached hydrogens (tertiary/aromatic N) is 5. The number of benzene rings is 1. The van der Waals surface area contributed by atoms with Gasteiger partial charge in [0.25, 0.3) is 0 Å². The number of rotatable bonds is 6.